The molecule has 0 bridgehead atoms. The Bertz CT molecular complexity index is 692. The number of amides is 1. The SMILES string of the molecule is O=C(NC1CCSc2ccccc21)c1cccc(Br)c1F. The summed E-state index contributed by atoms with van der Waals surface area (Å²) < 4.78 is 14.3. The van der Waals surface area contributed by atoms with Gasteiger partial charge in [0, 0.05) is 10.6 Å². The van der Waals surface area contributed by atoms with Crippen LogP contribution >= 0.6 is 27.7 Å². The minimum Gasteiger partial charge on any atom is -0.345 e. The molecule has 0 spiro atoms. The second kappa shape index (κ2) is 6.20. The minimum absolute atomic E-state index is 0.0617. The molecule has 21 heavy (non-hydrogen) atoms. The van der Waals surface area contributed by atoms with E-state index in [1.165, 1.54) is 11.0 Å². The first-order valence-corrected chi connectivity index (χ1v) is 8.41. The summed E-state index contributed by atoms with van der Waals surface area (Å²) >= 11 is 4.90. The molecule has 2 aromatic carbocycles. The average Bonchev–Trinajstić information content (AvgIpc) is 2.50. The Kier molecular flexibility index (Phi) is 4.31. The van der Waals surface area contributed by atoms with Crippen molar-refractivity contribution in [1.82, 2.24) is 5.32 Å². The molecule has 1 unspecified atom stereocenters. The van der Waals surface area contributed by atoms with Crippen LogP contribution in [0.3, 0.4) is 0 Å². The van der Waals surface area contributed by atoms with E-state index >= 15 is 0 Å². The summed E-state index contributed by atoms with van der Waals surface area (Å²) in [5.41, 5.74) is 1.18. The number of nitrogens with one attached hydrogen (secondary N) is 1. The van der Waals surface area contributed by atoms with Crippen molar-refractivity contribution in [2.24, 2.45) is 0 Å². The predicted molar refractivity (Wildman–Crippen MR) is 86.1 cm³/mol. The van der Waals surface area contributed by atoms with Crippen molar-refractivity contribution in [2.45, 2.75) is 17.4 Å². The molecule has 3 rings (SSSR count). The van der Waals surface area contributed by atoms with Crippen molar-refractivity contribution in [3.05, 3.63) is 63.9 Å². The minimum atomic E-state index is -0.520. The smallest absolute Gasteiger partial charge is 0.254 e. The van der Waals surface area contributed by atoms with Crippen molar-refractivity contribution in [1.29, 1.82) is 0 Å². The highest BCUT2D eigenvalue weighted by atomic mass is 79.9. The van der Waals surface area contributed by atoms with E-state index < -0.39 is 5.82 Å². The van der Waals surface area contributed by atoms with Gasteiger partial charge in [-0.15, -0.1) is 11.8 Å². The molecule has 2 nitrogen and oxygen atoms in total. The molecule has 0 aromatic heterocycles. The van der Waals surface area contributed by atoms with E-state index in [-0.39, 0.29) is 17.5 Å². The van der Waals surface area contributed by atoms with Gasteiger partial charge >= 0.3 is 0 Å². The van der Waals surface area contributed by atoms with Gasteiger partial charge in [0.25, 0.3) is 5.91 Å². The zero-order valence-electron chi connectivity index (χ0n) is 11.1. The third-order valence-corrected chi connectivity index (χ3v) is 5.20. The predicted octanol–water partition coefficient (Wildman–Crippen LogP) is 4.56. The van der Waals surface area contributed by atoms with Crippen LogP contribution in [0.4, 0.5) is 4.39 Å². The molecular formula is C16H13BrFNOS. The lowest BCUT2D eigenvalue weighted by atomic mass is 10.0. The van der Waals surface area contributed by atoms with Crippen LogP contribution in [0.5, 0.6) is 0 Å². The van der Waals surface area contributed by atoms with Gasteiger partial charge in [0.05, 0.1) is 16.1 Å². The Hall–Kier alpha value is -1.33. The fourth-order valence-electron chi connectivity index (χ4n) is 2.41. The zero-order chi connectivity index (χ0) is 14.8. The highest BCUT2D eigenvalue weighted by molar-refractivity contribution is 9.10. The van der Waals surface area contributed by atoms with E-state index in [9.17, 15) is 9.18 Å². The van der Waals surface area contributed by atoms with E-state index in [1.807, 2.05) is 18.2 Å². The Morgan fingerprint density at radius 3 is 2.90 bits per heavy atom. The summed E-state index contributed by atoms with van der Waals surface area (Å²) in [6.07, 6.45) is 0.850. The normalized spacial score (nSPS) is 17.1. The number of carbonyl (C=O) groups is 1. The van der Waals surface area contributed by atoms with Crippen molar-refractivity contribution >= 4 is 33.6 Å². The van der Waals surface area contributed by atoms with Crippen molar-refractivity contribution in [3.63, 3.8) is 0 Å². The van der Waals surface area contributed by atoms with Gasteiger partial charge in [-0.25, -0.2) is 4.39 Å². The number of fused-ring (bicyclic) bond motifs is 1. The van der Waals surface area contributed by atoms with E-state index in [0.717, 1.165) is 17.7 Å². The largest absolute Gasteiger partial charge is 0.345 e. The summed E-state index contributed by atoms with van der Waals surface area (Å²) in [5.74, 6) is 0.0529. The first-order chi connectivity index (χ1) is 10.2. The van der Waals surface area contributed by atoms with Gasteiger partial charge in [0.1, 0.15) is 5.82 Å². The maximum absolute atomic E-state index is 14.0. The van der Waals surface area contributed by atoms with Gasteiger partial charge in [0.15, 0.2) is 0 Å². The van der Waals surface area contributed by atoms with Gasteiger partial charge in [-0.2, -0.15) is 0 Å². The second-order valence-electron chi connectivity index (χ2n) is 4.80. The standard InChI is InChI=1S/C16H13BrFNOS/c17-12-6-3-5-11(15(12)18)16(20)19-13-8-9-21-14-7-2-1-4-10(13)14/h1-7,13H,8-9H2,(H,19,20). The maximum Gasteiger partial charge on any atom is 0.254 e. The van der Waals surface area contributed by atoms with Crippen LogP contribution in [0.1, 0.15) is 28.4 Å². The van der Waals surface area contributed by atoms with Gasteiger partial charge in [-0.3, -0.25) is 4.79 Å². The second-order valence-corrected chi connectivity index (χ2v) is 6.79. The molecular weight excluding hydrogens is 353 g/mol. The van der Waals surface area contributed by atoms with Gasteiger partial charge in [-0.1, -0.05) is 24.3 Å². The van der Waals surface area contributed by atoms with Crippen LogP contribution in [-0.2, 0) is 0 Å². The molecule has 0 aliphatic carbocycles. The lowest BCUT2D eigenvalue weighted by molar-refractivity contribution is 0.0930. The Balaban J connectivity index is 1.85. The Morgan fingerprint density at radius 2 is 2.05 bits per heavy atom. The molecule has 1 heterocycles. The molecule has 5 heteroatoms. The summed E-state index contributed by atoms with van der Waals surface area (Å²) in [7, 11) is 0. The van der Waals surface area contributed by atoms with E-state index in [2.05, 4.69) is 27.3 Å². The molecule has 108 valence electrons. The topological polar surface area (TPSA) is 29.1 Å². The lowest BCUT2D eigenvalue weighted by Gasteiger charge is -2.26. The molecule has 0 radical (unpaired) electrons. The number of benzene rings is 2. The quantitative estimate of drug-likeness (QED) is 0.845. The summed E-state index contributed by atoms with van der Waals surface area (Å²) in [6.45, 7) is 0. The number of rotatable bonds is 2. The van der Waals surface area contributed by atoms with E-state index in [1.54, 1.807) is 23.9 Å². The van der Waals surface area contributed by atoms with Gasteiger partial charge < -0.3 is 5.32 Å². The van der Waals surface area contributed by atoms with Crippen molar-refractivity contribution in [3.8, 4) is 0 Å². The first kappa shape index (κ1) is 14.6. The Morgan fingerprint density at radius 1 is 1.24 bits per heavy atom. The van der Waals surface area contributed by atoms with E-state index in [0.29, 0.717) is 4.47 Å². The summed E-state index contributed by atoms with van der Waals surface area (Å²) in [4.78, 5) is 13.5. The average molecular weight is 366 g/mol. The molecule has 2 aromatic rings. The van der Waals surface area contributed by atoms with E-state index in [4.69, 9.17) is 0 Å². The number of halogens is 2. The van der Waals surface area contributed by atoms with Gasteiger partial charge in [-0.05, 0) is 46.1 Å². The van der Waals surface area contributed by atoms with Gasteiger partial charge in [0.2, 0.25) is 0 Å². The third kappa shape index (κ3) is 2.99. The van der Waals surface area contributed by atoms with Crippen LogP contribution in [0.2, 0.25) is 0 Å². The molecule has 1 N–H and O–H groups in total. The first-order valence-electron chi connectivity index (χ1n) is 6.63. The fourth-order valence-corrected chi connectivity index (χ4v) is 3.90. The lowest BCUT2D eigenvalue weighted by Crippen LogP contribution is -2.31. The summed E-state index contributed by atoms with van der Waals surface area (Å²) in [5, 5.41) is 2.95. The number of carbonyl (C=O) groups excluding carboxylic acids is 1. The summed E-state index contributed by atoms with van der Waals surface area (Å²) in [6, 6.07) is 12.7. The molecule has 1 atom stereocenters. The van der Waals surface area contributed by atoms with Crippen LogP contribution in [0.15, 0.2) is 51.8 Å². The zero-order valence-corrected chi connectivity index (χ0v) is 13.5. The third-order valence-electron chi connectivity index (χ3n) is 3.46. The van der Waals surface area contributed by atoms with Crippen molar-refractivity contribution < 1.29 is 9.18 Å². The van der Waals surface area contributed by atoms with Crippen LogP contribution < -0.4 is 5.32 Å². The molecule has 0 saturated heterocycles. The molecule has 1 amide bonds. The molecule has 1 aliphatic heterocycles. The Labute approximate surface area is 135 Å². The molecule has 0 fully saturated rings. The maximum atomic E-state index is 14.0. The van der Waals surface area contributed by atoms with Crippen molar-refractivity contribution in [2.75, 3.05) is 5.75 Å². The number of hydrogen-bond donors (Lipinski definition) is 1. The number of thioether (sulfide) groups is 1. The van der Waals surface area contributed by atoms with Crippen LogP contribution in [-0.4, -0.2) is 11.7 Å². The van der Waals surface area contributed by atoms with Crippen LogP contribution in [0.25, 0.3) is 0 Å². The highest BCUT2D eigenvalue weighted by Gasteiger charge is 2.23. The molecule has 0 saturated carbocycles. The highest BCUT2D eigenvalue weighted by Crippen LogP contribution is 2.36. The fraction of sp³-hybridized carbons (Fsp3) is 0.188. The molecule has 1 aliphatic rings. The monoisotopic (exact) mass is 365 g/mol. The van der Waals surface area contributed by atoms with Crippen LogP contribution in [0, 0.1) is 5.82 Å². The number of hydrogen-bond acceptors (Lipinski definition) is 2.